The summed E-state index contributed by atoms with van der Waals surface area (Å²) in [6, 6.07) is 15.3. The van der Waals surface area contributed by atoms with Crippen LogP contribution in [0.1, 0.15) is 6.42 Å². The van der Waals surface area contributed by atoms with Gasteiger partial charge in [-0.15, -0.1) is 0 Å². The van der Waals surface area contributed by atoms with E-state index >= 15 is 0 Å². The molecule has 0 aliphatic carbocycles. The Hall–Kier alpha value is -2.64. The van der Waals surface area contributed by atoms with Gasteiger partial charge in [0.2, 0.25) is 5.91 Å². The molecule has 1 aromatic heterocycles. The van der Waals surface area contributed by atoms with Crippen molar-refractivity contribution in [2.24, 2.45) is 0 Å². The van der Waals surface area contributed by atoms with E-state index in [0.717, 1.165) is 22.5 Å². The lowest BCUT2D eigenvalue weighted by Gasteiger charge is -2.22. The van der Waals surface area contributed by atoms with Crippen molar-refractivity contribution >= 4 is 32.6 Å². The third-order valence-electron chi connectivity index (χ3n) is 4.22. The first-order valence-electron chi connectivity index (χ1n) is 9.15. The number of carbonyl (C=O) groups is 1. The first-order chi connectivity index (χ1) is 13.6. The van der Waals surface area contributed by atoms with Crippen LogP contribution < -0.4 is 14.4 Å². The Labute approximate surface area is 169 Å². The average Bonchev–Trinajstić information content (AvgIpc) is 3.12. The van der Waals surface area contributed by atoms with Gasteiger partial charge >= 0.3 is 0 Å². The molecule has 3 aromatic rings. The average molecular weight is 400 g/mol. The number of fused-ring (bicyclic) bond motifs is 1. The second kappa shape index (κ2) is 9.52. The number of rotatable bonds is 9. The maximum atomic E-state index is 12.9. The van der Waals surface area contributed by atoms with Crippen molar-refractivity contribution in [3.63, 3.8) is 0 Å². The van der Waals surface area contributed by atoms with E-state index in [-0.39, 0.29) is 12.3 Å². The number of aromatic nitrogens is 1. The molecule has 0 atom stereocenters. The quantitative estimate of drug-likeness (QED) is 0.550. The van der Waals surface area contributed by atoms with Crippen LogP contribution in [0.3, 0.4) is 0 Å². The minimum Gasteiger partial charge on any atom is -0.494 e. The van der Waals surface area contributed by atoms with Crippen molar-refractivity contribution < 1.29 is 14.3 Å². The molecular formula is C21H25N3O3S. The Kier molecular flexibility index (Phi) is 6.84. The van der Waals surface area contributed by atoms with Crippen LogP contribution in [0.2, 0.25) is 0 Å². The van der Waals surface area contributed by atoms with Gasteiger partial charge in [-0.25, -0.2) is 4.98 Å². The summed E-state index contributed by atoms with van der Waals surface area (Å²) in [5.41, 5.74) is 0.785. The van der Waals surface area contributed by atoms with Gasteiger partial charge in [-0.2, -0.15) is 0 Å². The zero-order valence-corrected chi connectivity index (χ0v) is 17.2. The molecule has 1 heterocycles. The van der Waals surface area contributed by atoms with Crippen LogP contribution >= 0.6 is 11.3 Å². The van der Waals surface area contributed by atoms with E-state index < -0.39 is 0 Å². The summed E-state index contributed by atoms with van der Waals surface area (Å²) < 4.78 is 12.1. The molecule has 7 heteroatoms. The van der Waals surface area contributed by atoms with Gasteiger partial charge in [-0.3, -0.25) is 9.69 Å². The number of ether oxygens (including phenoxy) is 2. The van der Waals surface area contributed by atoms with Crippen molar-refractivity contribution in [3.05, 3.63) is 48.5 Å². The predicted octanol–water partition coefficient (Wildman–Crippen LogP) is 3.67. The summed E-state index contributed by atoms with van der Waals surface area (Å²) in [6.45, 7) is 1.65. The summed E-state index contributed by atoms with van der Waals surface area (Å²) >= 11 is 1.50. The molecule has 0 saturated heterocycles. The van der Waals surface area contributed by atoms with Gasteiger partial charge in [0.1, 0.15) is 17.0 Å². The minimum atomic E-state index is -0.00389. The number of anilines is 1. The van der Waals surface area contributed by atoms with Gasteiger partial charge in [-0.05, 0) is 38.4 Å². The van der Waals surface area contributed by atoms with Gasteiger partial charge in [0.25, 0.3) is 0 Å². The van der Waals surface area contributed by atoms with E-state index in [2.05, 4.69) is 9.88 Å². The molecule has 0 saturated carbocycles. The van der Waals surface area contributed by atoms with Gasteiger partial charge in [0, 0.05) is 13.1 Å². The molecule has 0 aliphatic rings. The maximum Gasteiger partial charge on any atom is 0.232 e. The van der Waals surface area contributed by atoms with Crippen LogP contribution in [0.5, 0.6) is 11.5 Å². The Morgan fingerprint density at radius 2 is 1.86 bits per heavy atom. The van der Waals surface area contributed by atoms with Gasteiger partial charge in [0.15, 0.2) is 5.13 Å². The molecule has 0 fully saturated rings. The number of carbonyl (C=O) groups excluding carboxylic acids is 1. The third-order valence-corrected chi connectivity index (χ3v) is 5.26. The van der Waals surface area contributed by atoms with Crippen molar-refractivity contribution in [1.82, 2.24) is 9.88 Å². The number of hydrogen-bond donors (Lipinski definition) is 0. The molecule has 0 spiro atoms. The Balaban J connectivity index is 1.75. The fourth-order valence-corrected chi connectivity index (χ4v) is 3.75. The fourth-order valence-electron chi connectivity index (χ4n) is 2.73. The van der Waals surface area contributed by atoms with Gasteiger partial charge in [0.05, 0.1) is 24.8 Å². The molecule has 3 rings (SSSR count). The second-order valence-electron chi connectivity index (χ2n) is 6.56. The Bertz CT molecular complexity index is 912. The fraction of sp³-hybridized carbons (Fsp3) is 0.333. The van der Waals surface area contributed by atoms with Crippen molar-refractivity contribution in [2.45, 2.75) is 6.42 Å². The number of para-hydroxylation sites is 2. The first-order valence-corrected chi connectivity index (χ1v) is 9.96. The van der Waals surface area contributed by atoms with E-state index in [1.807, 2.05) is 62.6 Å². The SMILES string of the molecule is COc1cccc2sc(N(CCN(C)C)C(=O)CCOc3ccccc3)nc12. The third kappa shape index (κ3) is 4.99. The summed E-state index contributed by atoms with van der Waals surface area (Å²) in [4.78, 5) is 21.4. The molecule has 1 amide bonds. The number of nitrogens with zero attached hydrogens (tertiary/aromatic N) is 3. The van der Waals surface area contributed by atoms with Crippen molar-refractivity contribution in [2.75, 3.05) is 45.8 Å². The van der Waals surface area contributed by atoms with Crippen molar-refractivity contribution in [3.8, 4) is 11.5 Å². The van der Waals surface area contributed by atoms with Crippen LogP contribution in [0, 0.1) is 0 Å². The van der Waals surface area contributed by atoms with Crippen LogP contribution in [0.15, 0.2) is 48.5 Å². The molecule has 28 heavy (non-hydrogen) atoms. The lowest BCUT2D eigenvalue weighted by molar-refractivity contribution is -0.119. The standard InChI is InChI=1S/C21H25N3O3S/c1-23(2)13-14-24(19(25)12-15-27-16-8-5-4-6-9-16)21-22-20-17(26-3)10-7-11-18(20)28-21/h4-11H,12-15H2,1-3H3. The van der Waals surface area contributed by atoms with Crippen LogP contribution in [-0.4, -0.2) is 56.7 Å². The molecule has 148 valence electrons. The second-order valence-corrected chi connectivity index (χ2v) is 7.57. The molecule has 0 aliphatic heterocycles. The highest BCUT2D eigenvalue weighted by molar-refractivity contribution is 7.22. The zero-order chi connectivity index (χ0) is 19.9. The molecule has 0 N–H and O–H groups in total. The van der Waals surface area contributed by atoms with E-state index in [9.17, 15) is 4.79 Å². The molecule has 0 bridgehead atoms. The normalized spacial score (nSPS) is 11.0. The molecule has 2 aromatic carbocycles. The molecular weight excluding hydrogens is 374 g/mol. The van der Waals surface area contributed by atoms with Crippen LogP contribution in [0.25, 0.3) is 10.2 Å². The maximum absolute atomic E-state index is 12.9. The molecule has 0 radical (unpaired) electrons. The number of amides is 1. The minimum absolute atomic E-state index is 0.00389. The topological polar surface area (TPSA) is 54.9 Å². The lowest BCUT2D eigenvalue weighted by atomic mass is 10.3. The largest absolute Gasteiger partial charge is 0.494 e. The molecule has 0 unspecified atom stereocenters. The smallest absolute Gasteiger partial charge is 0.232 e. The van der Waals surface area contributed by atoms with E-state index in [1.54, 1.807) is 12.0 Å². The summed E-state index contributed by atoms with van der Waals surface area (Å²) in [5, 5.41) is 0.686. The monoisotopic (exact) mass is 399 g/mol. The number of benzene rings is 2. The van der Waals surface area contributed by atoms with E-state index in [0.29, 0.717) is 24.0 Å². The Morgan fingerprint density at radius 3 is 2.57 bits per heavy atom. The van der Waals surface area contributed by atoms with Gasteiger partial charge < -0.3 is 14.4 Å². The van der Waals surface area contributed by atoms with Crippen molar-refractivity contribution in [1.29, 1.82) is 0 Å². The van der Waals surface area contributed by atoms with E-state index in [4.69, 9.17) is 9.47 Å². The summed E-state index contributed by atoms with van der Waals surface area (Å²) in [6.07, 6.45) is 0.287. The lowest BCUT2D eigenvalue weighted by Crippen LogP contribution is -2.37. The number of likely N-dealkylation sites (N-methyl/N-ethyl adjacent to an activating group) is 1. The van der Waals surface area contributed by atoms with Crippen LogP contribution in [-0.2, 0) is 4.79 Å². The zero-order valence-electron chi connectivity index (χ0n) is 16.4. The number of methoxy groups -OCH3 is 1. The van der Waals surface area contributed by atoms with Gasteiger partial charge in [-0.1, -0.05) is 35.6 Å². The highest BCUT2D eigenvalue weighted by Gasteiger charge is 2.21. The number of hydrogen-bond acceptors (Lipinski definition) is 6. The summed E-state index contributed by atoms with van der Waals surface area (Å²) in [7, 11) is 5.61. The molecule has 6 nitrogen and oxygen atoms in total. The van der Waals surface area contributed by atoms with E-state index in [1.165, 1.54) is 11.3 Å². The predicted molar refractivity (Wildman–Crippen MR) is 114 cm³/mol. The highest BCUT2D eigenvalue weighted by atomic mass is 32.1. The van der Waals surface area contributed by atoms with Crippen LogP contribution in [0.4, 0.5) is 5.13 Å². The highest BCUT2D eigenvalue weighted by Crippen LogP contribution is 2.34. The Morgan fingerprint density at radius 1 is 1.07 bits per heavy atom. The first kappa shape index (κ1) is 20.1. The number of thiazole rings is 1. The summed E-state index contributed by atoms with van der Waals surface area (Å²) in [5.74, 6) is 1.48.